The van der Waals surface area contributed by atoms with E-state index in [1.807, 2.05) is 0 Å². The van der Waals surface area contributed by atoms with Crippen LogP contribution in [-0.4, -0.2) is 10.8 Å². The number of halogens is 2. The van der Waals surface area contributed by atoms with E-state index in [9.17, 15) is 9.18 Å². The molecule has 0 saturated heterocycles. The van der Waals surface area contributed by atoms with Crippen LogP contribution in [0.2, 0.25) is 0 Å². The lowest BCUT2D eigenvalue weighted by atomic mass is 10.3. The topological polar surface area (TPSA) is 30.0 Å². The van der Waals surface area contributed by atoms with Gasteiger partial charge in [-0.3, -0.25) is 9.78 Å². The zero-order chi connectivity index (χ0) is 7.56. The summed E-state index contributed by atoms with van der Waals surface area (Å²) in [7, 11) is 0. The zero-order valence-electron chi connectivity index (χ0n) is 5.87. The Morgan fingerprint density at radius 1 is 1.55 bits per heavy atom. The van der Waals surface area contributed by atoms with Crippen LogP contribution in [0.4, 0.5) is 4.39 Å². The summed E-state index contributed by atoms with van der Waals surface area (Å²) >= 11 is 0. The van der Waals surface area contributed by atoms with Crippen molar-refractivity contribution >= 4 is 18.2 Å². The van der Waals surface area contributed by atoms with Crippen LogP contribution in [0, 0.1) is 5.82 Å². The van der Waals surface area contributed by atoms with Gasteiger partial charge < -0.3 is 0 Å². The second-order valence-corrected chi connectivity index (χ2v) is 1.92. The van der Waals surface area contributed by atoms with Crippen molar-refractivity contribution in [3.8, 4) is 0 Å². The molecule has 1 rings (SSSR count). The number of carbonyl (C=O) groups is 1. The van der Waals surface area contributed by atoms with E-state index in [4.69, 9.17) is 0 Å². The van der Waals surface area contributed by atoms with Crippen LogP contribution >= 0.6 is 12.4 Å². The molecular weight excluding hydrogens is 169 g/mol. The number of hydrogen-bond donors (Lipinski definition) is 0. The van der Waals surface area contributed by atoms with Gasteiger partial charge in [0.05, 0.1) is 6.20 Å². The molecule has 0 aliphatic carbocycles. The Balaban J connectivity index is 0.000001000. The van der Waals surface area contributed by atoms with E-state index < -0.39 is 5.82 Å². The van der Waals surface area contributed by atoms with Crippen molar-refractivity contribution in [3.05, 3.63) is 29.8 Å². The van der Waals surface area contributed by atoms with Gasteiger partial charge in [-0.1, -0.05) is 0 Å². The summed E-state index contributed by atoms with van der Waals surface area (Å²) in [4.78, 5) is 14.1. The summed E-state index contributed by atoms with van der Waals surface area (Å²) in [6.07, 6.45) is 1.02. The van der Waals surface area contributed by atoms with Gasteiger partial charge in [-0.25, -0.2) is 4.39 Å². The number of nitrogens with zero attached hydrogens (tertiary/aromatic N) is 1. The lowest BCUT2D eigenvalue weighted by Crippen LogP contribution is -1.95. The number of rotatable bonds is 1. The lowest BCUT2D eigenvalue weighted by molar-refractivity contribution is 0.101. The third-order valence-corrected chi connectivity index (χ3v) is 1.09. The Bertz CT molecular complexity index is 247. The van der Waals surface area contributed by atoms with Crippen molar-refractivity contribution in [2.75, 3.05) is 0 Å². The molecule has 0 spiro atoms. The SMILES string of the molecule is CC(=O)c1ccc(F)cn1.Cl. The first-order chi connectivity index (χ1) is 4.70. The van der Waals surface area contributed by atoms with Crippen LogP contribution in [0.5, 0.6) is 0 Å². The third-order valence-electron chi connectivity index (χ3n) is 1.09. The van der Waals surface area contributed by atoms with E-state index in [-0.39, 0.29) is 18.2 Å². The standard InChI is InChI=1S/C7H6FNO.ClH/c1-5(10)7-3-2-6(8)4-9-7;/h2-4H,1H3;1H. The quantitative estimate of drug-likeness (QED) is 0.610. The number of hydrogen-bond acceptors (Lipinski definition) is 2. The zero-order valence-corrected chi connectivity index (χ0v) is 6.69. The average molecular weight is 176 g/mol. The Morgan fingerprint density at radius 2 is 2.18 bits per heavy atom. The molecule has 1 aromatic heterocycles. The largest absolute Gasteiger partial charge is 0.293 e. The highest BCUT2D eigenvalue weighted by molar-refractivity contribution is 5.91. The molecule has 0 radical (unpaired) electrons. The normalized spacial score (nSPS) is 8.55. The molecule has 0 bridgehead atoms. The Kier molecular flexibility index (Phi) is 3.68. The van der Waals surface area contributed by atoms with Gasteiger partial charge in [0.1, 0.15) is 11.5 Å². The summed E-state index contributed by atoms with van der Waals surface area (Å²) in [5.41, 5.74) is 0.293. The Labute approximate surface area is 69.9 Å². The lowest BCUT2D eigenvalue weighted by Gasteiger charge is -1.90. The molecule has 0 unspecified atom stereocenters. The second-order valence-electron chi connectivity index (χ2n) is 1.92. The van der Waals surface area contributed by atoms with Gasteiger partial charge in [0.2, 0.25) is 0 Å². The average Bonchev–Trinajstić information content (AvgIpc) is 1.88. The van der Waals surface area contributed by atoms with Crippen molar-refractivity contribution in [3.63, 3.8) is 0 Å². The summed E-state index contributed by atoms with van der Waals surface area (Å²) in [5.74, 6) is -0.579. The summed E-state index contributed by atoms with van der Waals surface area (Å²) in [6.45, 7) is 1.39. The Hall–Kier alpha value is -0.960. The molecular formula is C7H7ClFNO. The summed E-state index contributed by atoms with van der Waals surface area (Å²) < 4.78 is 12.2. The molecule has 0 saturated carbocycles. The highest BCUT2D eigenvalue weighted by Crippen LogP contribution is 1.97. The van der Waals surface area contributed by atoms with Crippen molar-refractivity contribution in [1.82, 2.24) is 4.98 Å². The van der Waals surface area contributed by atoms with Gasteiger partial charge in [0, 0.05) is 6.92 Å². The molecule has 1 aromatic rings. The van der Waals surface area contributed by atoms with Gasteiger partial charge in [0.15, 0.2) is 5.78 Å². The molecule has 0 fully saturated rings. The molecule has 11 heavy (non-hydrogen) atoms. The fraction of sp³-hybridized carbons (Fsp3) is 0.143. The van der Waals surface area contributed by atoms with E-state index in [0.717, 1.165) is 6.20 Å². The molecule has 0 atom stereocenters. The third kappa shape index (κ3) is 2.63. The molecule has 1 heterocycles. The van der Waals surface area contributed by atoms with E-state index >= 15 is 0 Å². The molecule has 4 heteroatoms. The maximum absolute atomic E-state index is 12.2. The predicted molar refractivity (Wildman–Crippen MR) is 41.4 cm³/mol. The maximum Gasteiger partial charge on any atom is 0.178 e. The molecule has 0 aliphatic heterocycles. The van der Waals surface area contributed by atoms with Crippen LogP contribution in [0.1, 0.15) is 17.4 Å². The van der Waals surface area contributed by atoms with E-state index in [1.54, 1.807) is 0 Å². The predicted octanol–water partition coefficient (Wildman–Crippen LogP) is 1.85. The fourth-order valence-corrected chi connectivity index (χ4v) is 0.584. The van der Waals surface area contributed by atoms with Crippen LogP contribution in [0.15, 0.2) is 18.3 Å². The summed E-state index contributed by atoms with van der Waals surface area (Å²) in [6, 6.07) is 2.57. The highest BCUT2D eigenvalue weighted by Gasteiger charge is 1.98. The van der Waals surface area contributed by atoms with Crippen LogP contribution in [-0.2, 0) is 0 Å². The molecule has 0 aliphatic rings. The van der Waals surface area contributed by atoms with Crippen molar-refractivity contribution in [2.24, 2.45) is 0 Å². The molecule has 2 nitrogen and oxygen atoms in total. The van der Waals surface area contributed by atoms with Crippen molar-refractivity contribution in [1.29, 1.82) is 0 Å². The maximum atomic E-state index is 12.2. The van der Waals surface area contributed by atoms with Gasteiger partial charge in [-0.05, 0) is 12.1 Å². The molecule has 0 amide bonds. The fourth-order valence-electron chi connectivity index (χ4n) is 0.584. The van der Waals surface area contributed by atoms with E-state index in [1.165, 1.54) is 19.1 Å². The highest BCUT2D eigenvalue weighted by atomic mass is 35.5. The minimum absolute atomic E-state index is 0. The second kappa shape index (κ2) is 4.03. The first kappa shape index (κ1) is 10.0. The number of carbonyl (C=O) groups excluding carboxylic acids is 1. The van der Waals surface area contributed by atoms with Crippen LogP contribution in [0.3, 0.4) is 0 Å². The van der Waals surface area contributed by atoms with E-state index in [2.05, 4.69) is 4.98 Å². The summed E-state index contributed by atoms with van der Waals surface area (Å²) in [5, 5.41) is 0. The first-order valence-corrected chi connectivity index (χ1v) is 2.82. The first-order valence-electron chi connectivity index (χ1n) is 2.82. The molecule has 60 valence electrons. The van der Waals surface area contributed by atoms with Gasteiger partial charge in [-0.2, -0.15) is 0 Å². The monoisotopic (exact) mass is 175 g/mol. The minimum atomic E-state index is -0.426. The van der Waals surface area contributed by atoms with Crippen LogP contribution < -0.4 is 0 Å². The van der Waals surface area contributed by atoms with Crippen LogP contribution in [0.25, 0.3) is 0 Å². The number of ketones is 1. The molecule has 0 N–H and O–H groups in total. The number of pyridine rings is 1. The number of Topliss-reactive ketones (excluding diaryl/α,β-unsaturated/α-hetero) is 1. The number of aromatic nitrogens is 1. The van der Waals surface area contributed by atoms with Gasteiger partial charge in [-0.15, -0.1) is 12.4 Å². The van der Waals surface area contributed by atoms with Gasteiger partial charge in [0.25, 0.3) is 0 Å². The Morgan fingerprint density at radius 3 is 2.55 bits per heavy atom. The smallest absolute Gasteiger partial charge is 0.178 e. The van der Waals surface area contributed by atoms with E-state index in [0.29, 0.717) is 5.69 Å². The van der Waals surface area contributed by atoms with Crippen molar-refractivity contribution < 1.29 is 9.18 Å². The van der Waals surface area contributed by atoms with Gasteiger partial charge >= 0.3 is 0 Å². The minimum Gasteiger partial charge on any atom is -0.293 e. The molecule has 0 aromatic carbocycles. The van der Waals surface area contributed by atoms with Crippen molar-refractivity contribution in [2.45, 2.75) is 6.92 Å².